The molecule has 2 nitrogen and oxygen atoms in total. The Kier molecular flexibility index (Phi) is 4.54. The molecule has 3 heteroatoms. The Balaban J connectivity index is 1.60. The summed E-state index contributed by atoms with van der Waals surface area (Å²) in [7, 11) is 2.13. The molecule has 1 aromatic rings. The lowest BCUT2D eigenvalue weighted by molar-refractivity contribution is 0.111. The zero-order valence-corrected chi connectivity index (χ0v) is 12.8. The second kappa shape index (κ2) is 6.36. The Morgan fingerprint density at radius 3 is 2.84 bits per heavy atom. The summed E-state index contributed by atoms with van der Waals surface area (Å²) in [4.78, 5) is 4.46. The number of nitrogens with zero attached hydrogens (tertiary/aromatic N) is 1. The van der Waals surface area contributed by atoms with Crippen LogP contribution >= 0.6 is 11.3 Å². The highest BCUT2D eigenvalue weighted by molar-refractivity contribution is 7.09. The summed E-state index contributed by atoms with van der Waals surface area (Å²) in [5.74, 6) is 2.95. The van der Waals surface area contributed by atoms with Crippen molar-refractivity contribution in [1.29, 1.82) is 0 Å². The van der Waals surface area contributed by atoms with Crippen molar-refractivity contribution in [2.45, 2.75) is 57.4 Å². The van der Waals surface area contributed by atoms with E-state index in [9.17, 15) is 0 Å². The first kappa shape index (κ1) is 13.6. The minimum Gasteiger partial charge on any atom is -0.316 e. The first-order valence-electron chi connectivity index (χ1n) is 7.92. The summed E-state index contributed by atoms with van der Waals surface area (Å²) in [6, 6.07) is 0.633. The molecule has 3 rings (SSSR count). The topological polar surface area (TPSA) is 24.9 Å². The Hall–Kier alpha value is -0.410. The van der Waals surface area contributed by atoms with Gasteiger partial charge in [0.15, 0.2) is 0 Å². The number of likely N-dealkylation sites (N-methyl/N-ethyl adjacent to an activating group) is 1. The molecule has 0 bridgehead atoms. The summed E-state index contributed by atoms with van der Waals surface area (Å²) < 4.78 is 0. The number of thiazole rings is 1. The lowest BCUT2D eigenvalue weighted by Crippen LogP contribution is -2.40. The molecule has 4 atom stereocenters. The molecule has 0 amide bonds. The van der Waals surface area contributed by atoms with E-state index in [4.69, 9.17) is 0 Å². The predicted molar refractivity (Wildman–Crippen MR) is 81.5 cm³/mol. The first-order chi connectivity index (χ1) is 9.36. The highest BCUT2D eigenvalue weighted by Crippen LogP contribution is 2.43. The Morgan fingerprint density at radius 2 is 2.11 bits per heavy atom. The van der Waals surface area contributed by atoms with Gasteiger partial charge in [-0.25, -0.2) is 4.98 Å². The van der Waals surface area contributed by atoms with Gasteiger partial charge >= 0.3 is 0 Å². The third kappa shape index (κ3) is 3.19. The summed E-state index contributed by atoms with van der Waals surface area (Å²) in [5.41, 5.74) is 0. The molecule has 0 aliphatic heterocycles. The fourth-order valence-electron chi connectivity index (χ4n) is 4.32. The summed E-state index contributed by atoms with van der Waals surface area (Å²) >= 11 is 1.80. The number of hydrogen-bond donors (Lipinski definition) is 1. The maximum absolute atomic E-state index is 4.46. The van der Waals surface area contributed by atoms with E-state index < -0.39 is 0 Å². The van der Waals surface area contributed by atoms with Crippen molar-refractivity contribution >= 4 is 11.3 Å². The molecule has 0 saturated heterocycles. The molecule has 0 radical (unpaired) electrons. The van der Waals surface area contributed by atoms with Crippen LogP contribution in [0, 0.1) is 17.8 Å². The molecule has 4 unspecified atom stereocenters. The van der Waals surface area contributed by atoms with Gasteiger partial charge in [-0.05, 0) is 44.1 Å². The van der Waals surface area contributed by atoms with Gasteiger partial charge < -0.3 is 5.32 Å². The normalized spacial score (nSPS) is 32.8. The Bertz CT molecular complexity index is 376. The maximum atomic E-state index is 4.46. The van der Waals surface area contributed by atoms with E-state index in [2.05, 4.69) is 22.7 Å². The van der Waals surface area contributed by atoms with Crippen molar-refractivity contribution in [1.82, 2.24) is 10.3 Å². The standard InChI is InChI=1S/C16H26N2S/c1-17-15(11-16-18-8-9-19-16)14-7-6-12-4-2-3-5-13(12)10-14/h8-9,12-15,17H,2-7,10-11H2,1H3. The van der Waals surface area contributed by atoms with E-state index >= 15 is 0 Å². The molecule has 106 valence electrons. The molecule has 2 saturated carbocycles. The second-order valence-electron chi connectivity index (χ2n) is 6.40. The predicted octanol–water partition coefficient (Wildman–Crippen LogP) is 3.88. The van der Waals surface area contributed by atoms with Crippen molar-refractivity contribution in [3.05, 3.63) is 16.6 Å². The number of fused-ring (bicyclic) bond motifs is 1. The van der Waals surface area contributed by atoms with E-state index in [1.165, 1.54) is 50.0 Å². The van der Waals surface area contributed by atoms with Gasteiger partial charge in [-0.3, -0.25) is 0 Å². The average Bonchev–Trinajstić information content (AvgIpc) is 2.97. The van der Waals surface area contributed by atoms with E-state index in [-0.39, 0.29) is 0 Å². The first-order valence-corrected chi connectivity index (χ1v) is 8.80. The van der Waals surface area contributed by atoms with Crippen LogP contribution in [-0.2, 0) is 6.42 Å². The van der Waals surface area contributed by atoms with Gasteiger partial charge in [-0.1, -0.05) is 25.7 Å². The van der Waals surface area contributed by atoms with E-state index in [0.29, 0.717) is 6.04 Å². The minimum atomic E-state index is 0.633. The van der Waals surface area contributed by atoms with Gasteiger partial charge in [0.25, 0.3) is 0 Å². The molecule has 1 N–H and O–H groups in total. The van der Waals surface area contributed by atoms with Gasteiger partial charge in [0.2, 0.25) is 0 Å². The fourth-order valence-corrected chi connectivity index (χ4v) is 5.00. The lowest BCUT2D eigenvalue weighted by Gasteiger charge is -2.41. The van der Waals surface area contributed by atoms with Crippen LogP contribution in [0.1, 0.15) is 50.0 Å². The number of hydrogen-bond acceptors (Lipinski definition) is 3. The van der Waals surface area contributed by atoms with Crippen LogP contribution in [0.4, 0.5) is 0 Å². The quantitative estimate of drug-likeness (QED) is 0.904. The van der Waals surface area contributed by atoms with E-state index in [0.717, 1.165) is 24.2 Å². The molecule has 19 heavy (non-hydrogen) atoms. The maximum Gasteiger partial charge on any atom is 0.0940 e. The summed E-state index contributed by atoms with van der Waals surface area (Å²) in [5, 5.41) is 6.97. The van der Waals surface area contributed by atoms with Crippen molar-refractivity contribution in [2.75, 3.05) is 7.05 Å². The summed E-state index contributed by atoms with van der Waals surface area (Å²) in [6.07, 6.45) is 13.4. The van der Waals surface area contributed by atoms with Crippen LogP contribution in [0.2, 0.25) is 0 Å². The second-order valence-corrected chi connectivity index (χ2v) is 7.38. The molecule has 1 aromatic heterocycles. The SMILES string of the molecule is CNC(Cc1nccs1)C1CCC2CCCCC2C1. The highest BCUT2D eigenvalue weighted by atomic mass is 32.1. The molecule has 0 spiro atoms. The molecular weight excluding hydrogens is 252 g/mol. The Morgan fingerprint density at radius 1 is 1.26 bits per heavy atom. The third-order valence-electron chi connectivity index (χ3n) is 5.40. The molecule has 1 heterocycles. The van der Waals surface area contributed by atoms with Gasteiger partial charge in [-0.15, -0.1) is 11.3 Å². The largest absolute Gasteiger partial charge is 0.316 e. The highest BCUT2D eigenvalue weighted by Gasteiger charge is 2.35. The third-order valence-corrected chi connectivity index (χ3v) is 6.20. The number of aromatic nitrogens is 1. The van der Waals surface area contributed by atoms with Gasteiger partial charge in [0.05, 0.1) is 5.01 Å². The van der Waals surface area contributed by atoms with Crippen molar-refractivity contribution in [3.8, 4) is 0 Å². The van der Waals surface area contributed by atoms with Gasteiger partial charge in [-0.2, -0.15) is 0 Å². The van der Waals surface area contributed by atoms with Crippen molar-refractivity contribution < 1.29 is 0 Å². The van der Waals surface area contributed by atoms with Crippen LogP contribution in [0.5, 0.6) is 0 Å². The van der Waals surface area contributed by atoms with E-state index in [1.54, 1.807) is 11.3 Å². The molecule has 2 fully saturated rings. The minimum absolute atomic E-state index is 0.633. The molecular formula is C16H26N2S. The monoisotopic (exact) mass is 278 g/mol. The number of nitrogens with one attached hydrogen (secondary N) is 1. The van der Waals surface area contributed by atoms with Crippen LogP contribution in [0.15, 0.2) is 11.6 Å². The number of rotatable bonds is 4. The zero-order valence-electron chi connectivity index (χ0n) is 12.0. The smallest absolute Gasteiger partial charge is 0.0940 e. The van der Waals surface area contributed by atoms with Crippen molar-refractivity contribution in [2.24, 2.45) is 17.8 Å². The van der Waals surface area contributed by atoms with Crippen LogP contribution in [0.25, 0.3) is 0 Å². The van der Waals surface area contributed by atoms with E-state index in [1.807, 2.05) is 6.20 Å². The average molecular weight is 278 g/mol. The van der Waals surface area contributed by atoms with Crippen LogP contribution in [0.3, 0.4) is 0 Å². The van der Waals surface area contributed by atoms with Crippen molar-refractivity contribution in [3.63, 3.8) is 0 Å². The summed E-state index contributed by atoms with van der Waals surface area (Å²) in [6.45, 7) is 0. The lowest BCUT2D eigenvalue weighted by atomic mass is 9.66. The van der Waals surface area contributed by atoms with Crippen LogP contribution in [-0.4, -0.2) is 18.1 Å². The molecule has 2 aliphatic carbocycles. The van der Waals surface area contributed by atoms with Crippen LogP contribution < -0.4 is 5.32 Å². The molecule has 0 aromatic carbocycles. The molecule has 2 aliphatic rings. The van der Waals surface area contributed by atoms with Gasteiger partial charge in [0.1, 0.15) is 0 Å². The fraction of sp³-hybridized carbons (Fsp3) is 0.812. The van der Waals surface area contributed by atoms with Gasteiger partial charge in [0, 0.05) is 24.0 Å². The Labute approximate surface area is 121 Å². The zero-order chi connectivity index (χ0) is 13.1.